The van der Waals surface area contributed by atoms with E-state index in [9.17, 15) is 9.18 Å². The first-order valence-electron chi connectivity index (χ1n) is 5.13. The summed E-state index contributed by atoms with van der Waals surface area (Å²) in [6.45, 7) is 1.73. The van der Waals surface area contributed by atoms with Gasteiger partial charge in [0.15, 0.2) is 0 Å². The van der Waals surface area contributed by atoms with E-state index < -0.39 is 0 Å². The lowest BCUT2D eigenvalue weighted by atomic mass is 10.2. The Morgan fingerprint density at radius 2 is 1.94 bits per heavy atom. The Labute approximate surface area is 97.6 Å². The first-order valence-corrected chi connectivity index (χ1v) is 5.13. The molecule has 0 aliphatic heterocycles. The van der Waals surface area contributed by atoms with Crippen molar-refractivity contribution in [3.63, 3.8) is 0 Å². The third-order valence-corrected chi connectivity index (χ3v) is 2.41. The molecule has 4 heteroatoms. The molecule has 0 saturated heterocycles. The zero-order valence-electron chi connectivity index (χ0n) is 9.18. The maximum Gasteiger partial charge on any atom is 0.235 e. The summed E-state index contributed by atoms with van der Waals surface area (Å²) in [5.41, 5.74) is 0.778. The van der Waals surface area contributed by atoms with Crippen molar-refractivity contribution >= 4 is 6.08 Å². The Morgan fingerprint density at radius 1 is 1.24 bits per heavy atom. The van der Waals surface area contributed by atoms with Gasteiger partial charge in [0.25, 0.3) is 0 Å². The van der Waals surface area contributed by atoms with Crippen molar-refractivity contribution in [2.45, 2.75) is 13.0 Å². The molecule has 3 nitrogen and oxygen atoms in total. The minimum absolute atomic E-state index is 0.292. The van der Waals surface area contributed by atoms with Crippen molar-refractivity contribution in [1.82, 2.24) is 0 Å². The molecule has 0 radical (unpaired) electrons. The standard InChI is InChI=1S/C13H10FNO2/c1-9(15-8-16)12-6-7-13(17-12)10-2-4-11(14)5-3-10/h2-7,9H,1H3. The number of carbonyl (C=O) groups excluding carboxylic acids is 1. The van der Waals surface area contributed by atoms with Crippen LogP contribution in [-0.4, -0.2) is 6.08 Å². The molecule has 0 aliphatic carbocycles. The Balaban J connectivity index is 2.29. The molecular formula is C13H10FNO2. The fourth-order valence-electron chi connectivity index (χ4n) is 1.49. The Kier molecular flexibility index (Phi) is 3.17. The van der Waals surface area contributed by atoms with Crippen LogP contribution in [0.4, 0.5) is 4.39 Å². The van der Waals surface area contributed by atoms with Crippen LogP contribution in [0, 0.1) is 5.82 Å². The van der Waals surface area contributed by atoms with Crippen LogP contribution in [-0.2, 0) is 4.79 Å². The van der Waals surface area contributed by atoms with E-state index in [1.807, 2.05) is 0 Å². The Morgan fingerprint density at radius 3 is 2.59 bits per heavy atom. The van der Waals surface area contributed by atoms with Crippen LogP contribution in [0.5, 0.6) is 0 Å². The number of furan rings is 1. The molecule has 1 aromatic heterocycles. The monoisotopic (exact) mass is 231 g/mol. The Bertz CT molecular complexity index is 553. The van der Waals surface area contributed by atoms with Gasteiger partial charge < -0.3 is 4.42 Å². The van der Waals surface area contributed by atoms with Gasteiger partial charge >= 0.3 is 0 Å². The predicted octanol–water partition coefficient (Wildman–Crippen LogP) is 3.48. The molecule has 0 aliphatic rings. The van der Waals surface area contributed by atoms with Crippen LogP contribution in [0.25, 0.3) is 11.3 Å². The number of nitrogens with zero attached hydrogens (tertiary/aromatic N) is 1. The molecule has 0 fully saturated rings. The topological polar surface area (TPSA) is 42.6 Å². The van der Waals surface area contributed by atoms with Crippen molar-refractivity contribution in [3.05, 3.63) is 48.0 Å². The van der Waals surface area contributed by atoms with E-state index in [0.717, 1.165) is 5.56 Å². The Hall–Kier alpha value is -2.19. The largest absolute Gasteiger partial charge is 0.459 e. The zero-order chi connectivity index (χ0) is 12.3. The van der Waals surface area contributed by atoms with Crippen LogP contribution in [0.1, 0.15) is 18.7 Å². The summed E-state index contributed by atoms with van der Waals surface area (Å²) < 4.78 is 18.3. The number of rotatable bonds is 3. The van der Waals surface area contributed by atoms with E-state index in [0.29, 0.717) is 11.5 Å². The highest BCUT2D eigenvalue weighted by molar-refractivity contribution is 5.57. The quantitative estimate of drug-likeness (QED) is 0.599. The minimum atomic E-state index is -0.360. The first kappa shape index (κ1) is 11.3. The average Bonchev–Trinajstić information content (AvgIpc) is 2.80. The van der Waals surface area contributed by atoms with Crippen molar-refractivity contribution in [3.8, 4) is 11.3 Å². The van der Waals surface area contributed by atoms with Gasteiger partial charge in [0.2, 0.25) is 6.08 Å². The maximum absolute atomic E-state index is 12.7. The SMILES string of the molecule is CC(N=C=O)c1ccc(-c2ccc(F)cc2)o1. The summed E-state index contributed by atoms with van der Waals surface area (Å²) in [4.78, 5) is 13.7. The summed E-state index contributed by atoms with van der Waals surface area (Å²) in [7, 11) is 0. The van der Waals surface area contributed by atoms with Gasteiger partial charge in [-0.3, -0.25) is 0 Å². The number of halogens is 1. The number of hydrogen-bond acceptors (Lipinski definition) is 3. The van der Waals surface area contributed by atoms with Gasteiger partial charge in [-0.25, -0.2) is 9.18 Å². The second kappa shape index (κ2) is 4.76. The van der Waals surface area contributed by atoms with E-state index >= 15 is 0 Å². The third-order valence-electron chi connectivity index (χ3n) is 2.41. The van der Waals surface area contributed by atoms with Crippen LogP contribution in [0.2, 0.25) is 0 Å². The predicted molar refractivity (Wildman–Crippen MR) is 60.6 cm³/mol. The summed E-state index contributed by atoms with van der Waals surface area (Å²) in [6.07, 6.45) is 1.49. The van der Waals surface area contributed by atoms with Crippen molar-refractivity contribution in [2.75, 3.05) is 0 Å². The van der Waals surface area contributed by atoms with Crippen molar-refractivity contribution in [2.24, 2.45) is 4.99 Å². The summed E-state index contributed by atoms with van der Waals surface area (Å²) in [6, 6.07) is 9.14. The summed E-state index contributed by atoms with van der Waals surface area (Å²) in [5, 5.41) is 0. The van der Waals surface area contributed by atoms with E-state index in [4.69, 9.17) is 4.42 Å². The molecule has 1 aromatic carbocycles. The molecule has 2 aromatic rings. The molecule has 86 valence electrons. The highest BCUT2D eigenvalue weighted by Crippen LogP contribution is 2.26. The molecule has 0 spiro atoms. The molecular weight excluding hydrogens is 221 g/mol. The van der Waals surface area contributed by atoms with Gasteiger partial charge in [-0.1, -0.05) is 0 Å². The lowest BCUT2D eigenvalue weighted by Gasteiger charge is -1.99. The number of hydrogen-bond donors (Lipinski definition) is 0. The molecule has 0 saturated carbocycles. The van der Waals surface area contributed by atoms with Crippen molar-refractivity contribution < 1.29 is 13.6 Å². The number of aliphatic imine (C=N–C) groups is 1. The summed E-state index contributed by atoms with van der Waals surface area (Å²) in [5.74, 6) is 0.903. The van der Waals surface area contributed by atoms with Gasteiger partial charge in [0.05, 0.1) is 0 Å². The molecule has 0 bridgehead atoms. The van der Waals surface area contributed by atoms with Crippen molar-refractivity contribution in [1.29, 1.82) is 0 Å². The van der Waals surface area contributed by atoms with Gasteiger partial charge in [-0.15, -0.1) is 0 Å². The van der Waals surface area contributed by atoms with E-state index in [1.54, 1.807) is 31.2 Å². The number of benzene rings is 1. The van der Waals surface area contributed by atoms with Crippen LogP contribution >= 0.6 is 0 Å². The third kappa shape index (κ3) is 2.49. The highest BCUT2D eigenvalue weighted by Gasteiger charge is 2.10. The second-order valence-corrected chi connectivity index (χ2v) is 3.61. The molecule has 0 N–H and O–H groups in total. The van der Waals surface area contributed by atoms with Gasteiger partial charge in [0, 0.05) is 5.56 Å². The van der Waals surface area contributed by atoms with Crippen LogP contribution < -0.4 is 0 Å². The normalized spacial score (nSPS) is 11.9. The fourth-order valence-corrected chi connectivity index (χ4v) is 1.49. The molecule has 2 rings (SSSR count). The maximum atomic E-state index is 12.7. The lowest BCUT2D eigenvalue weighted by molar-refractivity contribution is 0.487. The average molecular weight is 231 g/mol. The smallest absolute Gasteiger partial charge is 0.235 e. The fraction of sp³-hybridized carbons (Fsp3) is 0.154. The van der Waals surface area contributed by atoms with Gasteiger partial charge in [-0.05, 0) is 43.3 Å². The highest BCUT2D eigenvalue weighted by atomic mass is 19.1. The zero-order valence-corrected chi connectivity index (χ0v) is 9.18. The number of isocyanates is 1. The first-order chi connectivity index (χ1) is 8.20. The second-order valence-electron chi connectivity index (χ2n) is 3.61. The van der Waals surface area contributed by atoms with Crippen LogP contribution in [0.3, 0.4) is 0 Å². The van der Waals surface area contributed by atoms with Crippen LogP contribution in [0.15, 0.2) is 45.8 Å². The minimum Gasteiger partial charge on any atom is -0.459 e. The molecule has 0 amide bonds. The molecule has 1 unspecified atom stereocenters. The van der Waals surface area contributed by atoms with Gasteiger partial charge in [0.1, 0.15) is 23.4 Å². The van der Waals surface area contributed by atoms with E-state index in [2.05, 4.69) is 4.99 Å². The van der Waals surface area contributed by atoms with E-state index in [1.165, 1.54) is 18.2 Å². The molecule has 1 atom stereocenters. The molecule has 1 heterocycles. The lowest BCUT2D eigenvalue weighted by Crippen LogP contribution is -1.84. The van der Waals surface area contributed by atoms with E-state index in [-0.39, 0.29) is 11.9 Å². The van der Waals surface area contributed by atoms with Gasteiger partial charge in [-0.2, -0.15) is 4.99 Å². The molecule has 17 heavy (non-hydrogen) atoms. The summed E-state index contributed by atoms with van der Waals surface area (Å²) >= 11 is 0.